The van der Waals surface area contributed by atoms with Crippen LogP contribution in [0.1, 0.15) is 18.4 Å². The van der Waals surface area contributed by atoms with E-state index in [9.17, 15) is 4.79 Å². The smallest absolute Gasteiger partial charge is 0.238 e. The number of aryl methyl sites for hydroxylation is 1. The molecule has 0 radical (unpaired) electrons. The van der Waals surface area contributed by atoms with Gasteiger partial charge in [-0.3, -0.25) is 9.69 Å². The van der Waals surface area contributed by atoms with Crippen molar-refractivity contribution in [1.82, 2.24) is 4.90 Å². The lowest BCUT2D eigenvalue weighted by molar-refractivity contribution is -0.117. The van der Waals surface area contributed by atoms with Crippen molar-refractivity contribution in [1.29, 1.82) is 0 Å². The predicted octanol–water partition coefficient (Wildman–Crippen LogP) is 1.64. The molecule has 0 aliphatic carbocycles. The number of amides is 1. The highest BCUT2D eigenvalue weighted by atomic mass is 16.2. The maximum absolute atomic E-state index is 11.7. The number of carbonyl (C=O) groups is 1. The first-order valence-corrected chi connectivity index (χ1v) is 6.27. The fourth-order valence-corrected chi connectivity index (χ4v) is 1.66. The number of nitrogens with one attached hydrogen (secondary N) is 1. The molecule has 0 bridgehead atoms. The number of nitrogens with zero attached hydrogens (tertiary/aromatic N) is 1. The Bertz CT molecular complexity index is 363. The van der Waals surface area contributed by atoms with Gasteiger partial charge >= 0.3 is 0 Å². The fraction of sp³-hybridized carbons (Fsp3) is 0.500. The van der Waals surface area contributed by atoms with Gasteiger partial charge in [-0.1, -0.05) is 17.7 Å². The lowest BCUT2D eigenvalue weighted by Gasteiger charge is -2.15. The molecule has 0 unspecified atom stereocenters. The van der Waals surface area contributed by atoms with Crippen LogP contribution in [0.3, 0.4) is 0 Å². The third-order valence-corrected chi connectivity index (χ3v) is 2.70. The van der Waals surface area contributed by atoms with Crippen LogP contribution in [0.5, 0.6) is 0 Å². The molecule has 1 amide bonds. The van der Waals surface area contributed by atoms with Crippen molar-refractivity contribution in [3.63, 3.8) is 0 Å². The number of likely N-dealkylation sites (N-methyl/N-ethyl adjacent to an activating group) is 1. The number of aliphatic hydroxyl groups is 1. The monoisotopic (exact) mass is 250 g/mol. The molecule has 0 atom stereocenters. The van der Waals surface area contributed by atoms with Gasteiger partial charge in [0.15, 0.2) is 0 Å². The molecular formula is C14H22N2O2. The summed E-state index contributed by atoms with van der Waals surface area (Å²) in [7, 11) is 1.91. The van der Waals surface area contributed by atoms with Crippen LogP contribution in [0.2, 0.25) is 0 Å². The zero-order valence-corrected chi connectivity index (χ0v) is 11.1. The highest BCUT2D eigenvalue weighted by molar-refractivity contribution is 5.92. The second-order valence-corrected chi connectivity index (χ2v) is 4.58. The van der Waals surface area contributed by atoms with Crippen LogP contribution in [-0.2, 0) is 4.79 Å². The number of carbonyl (C=O) groups excluding carboxylic acids is 1. The number of unbranched alkanes of at least 4 members (excludes halogenated alkanes) is 1. The molecule has 1 aromatic rings. The van der Waals surface area contributed by atoms with Crippen LogP contribution < -0.4 is 5.32 Å². The molecule has 0 saturated heterocycles. The normalized spacial score (nSPS) is 10.7. The van der Waals surface area contributed by atoms with Crippen molar-refractivity contribution in [3.05, 3.63) is 29.8 Å². The molecule has 0 fully saturated rings. The van der Waals surface area contributed by atoms with E-state index in [1.807, 2.05) is 43.1 Å². The molecule has 100 valence electrons. The lowest BCUT2D eigenvalue weighted by atomic mass is 10.2. The van der Waals surface area contributed by atoms with E-state index in [0.717, 1.165) is 25.1 Å². The Morgan fingerprint density at radius 1 is 1.28 bits per heavy atom. The quantitative estimate of drug-likeness (QED) is 0.723. The Labute approximate surface area is 109 Å². The average Bonchev–Trinajstić information content (AvgIpc) is 2.32. The number of rotatable bonds is 7. The molecule has 2 N–H and O–H groups in total. The Morgan fingerprint density at radius 2 is 1.94 bits per heavy atom. The number of benzene rings is 1. The van der Waals surface area contributed by atoms with Crippen molar-refractivity contribution in [3.8, 4) is 0 Å². The summed E-state index contributed by atoms with van der Waals surface area (Å²) in [6, 6.07) is 7.75. The van der Waals surface area contributed by atoms with E-state index in [1.54, 1.807) is 0 Å². The minimum Gasteiger partial charge on any atom is -0.396 e. The van der Waals surface area contributed by atoms with Crippen LogP contribution >= 0.6 is 0 Å². The van der Waals surface area contributed by atoms with Gasteiger partial charge in [-0.15, -0.1) is 0 Å². The van der Waals surface area contributed by atoms with Crippen LogP contribution in [0, 0.1) is 6.92 Å². The van der Waals surface area contributed by atoms with Crippen LogP contribution in [0.25, 0.3) is 0 Å². The molecule has 0 saturated carbocycles. The molecule has 0 aliphatic rings. The maximum Gasteiger partial charge on any atom is 0.238 e. The Balaban J connectivity index is 2.30. The van der Waals surface area contributed by atoms with Gasteiger partial charge in [0.1, 0.15) is 0 Å². The molecule has 1 rings (SSSR count). The van der Waals surface area contributed by atoms with E-state index in [2.05, 4.69) is 5.32 Å². The summed E-state index contributed by atoms with van der Waals surface area (Å²) < 4.78 is 0. The van der Waals surface area contributed by atoms with Crippen LogP contribution in [0.4, 0.5) is 5.69 Å². The molecule has 4 nitrogen and oxygen atoms in total. The van der Waals surface area contributed by atoms with E-state index in [4.69, 9.17) is 5.11 Å². The molecule has 18 heavy (non-hydrogen) atoms. The summed E-state index contributed by atoms with van der Waals surface area (Å²) in [4.78, 5) is 13.7. The molecular weight excluding hydrogens is 228 g/mol. The number of anilines is 1. The van der Waals surface area contributed by atoms with E-state index < -0.39 is 0 Å². The number of aliphatic hydroxyl groups excluding tert-OH is 1. The molecule has 0 heterocycles. The van der Waals surface area contributed by atoms with Crippen molar-refractivity contribution >= 4 is 11.6 Å². The standard InChI is InChI=1S/C14H22N2O2/c1-12-5-7-13(8-6-12)15-14(18)11-16(2)9-3-4-10-17/h5-8,17H,3-4,9-11H2,1-2H3,(H,15,18). The summed E-state index contributed by atoms with van der Waals surface area (Å²) in [6.45, 7) is 3.42. The molecule has 1 aromatic carbocycles. The van der Waals surface area contributed by atoms with Crippen molar-refractivity contribution in [2.24, 2.45) is 0 Å². The highest BCUT2D eigenvalue weighted by Crippen LogP contribution is 2.08. The van der Waals surface area contributed by atoms with E-state index >= 15 is 0 Å². The minimum absolute atomic E-state index is 0.00893. The third-order valence-electron chi connectivity index (χ3n) is 2.70. The topological polar surface area (TPSA) is 52.6 Å². The molecule has 0 spiro atoms. The first kappa shape index (κ1) is 14.7. The Morgan fingerprint density at radius 3 is 2.56 bits per heavy atom. The fourth-order valence-electron chi connectivity index (χ4n) is 1.66. The summed E-state index contributed by atoms with van der Waals surface area (Å²) in [5, 5.41) is 11.5. The highest BCUT2D eigenvalue weighted by Gasteiger charge is 2.06. The lowest BCUT2D eigenvalue weighted by Crippen LogP contribution is -2.31. The number of hydrogen-bond donors (Lipinski definition) is 2. The van der Waals surface area contributed by atoms with E-state index in [-0.39, 0.29) is 12.5 Å². The second kappa shape index (κ2) is 7.84. The zero-order valence-electron chi connectivity index (χ0n) is 11.1. The van der Waals surface area contributed by atoms with Gasteiger partial charge in [0.2, 0.25) is 5.91 Å². The van der Waals surface area contributed by atoms with Gasteiger partial charge in [0, 0.05) is 12.3 Å². The van der Waals surface area contributed by atoms with Gasteiger partial charge < -0.3 is 10.4 Å². The zero-order chi connectivity index (χ0) is 13.4. The van der Waals surface area contributed by atoms with Gasteiger partial charge in [-0.05, 0) is 45.5 Å². The van der Waals surface area contributed by atoms with Crippen LogP contribution in [-0.4, -0.2) is 42.7 Å². The maximum atomic E-state index is 11.7. The summed E-state index contributed by atoms with van der Waals surface area (Å²) in [6.07, 6.45) is 1.69. The first-order valence-electron chi connectivity index (χ1n) is 6.27. The van der Waals surface area contributed by atoms with E-state index in [1.165, 1.54) is 5.56 Å². The van der Waals surface area contributed by atoms with Gasteiger partial charge in [-0.2, -0.15) is 0 Å². The molecule has 4 heteroatoms. The molecule has 0 aliphatic heterocycles. The first-order chi connectivity index (χ1) is 8.61. The summed E-state index contributed by atoms with van der Waals surface area (Å²) in [5.41, 5.74) is 2.00. The third kappa shape index (κ3) is 5.80. The molecule has 0 aromatic heterocycles. The Kier molecular flexibility index (Phi) is 6.39. The SMILES string of the molecule is Cc1ccc(NC(=O)CN(C)CCCCO)cc1. The van der Waals surface area contributed by atoms with E-state index in [0.29, 0.717) is 6.54 Å². The minimum atomic E-state index is -0.00893. The van der Waals surface area contributed by atoms with Crippen molar-refractivity contribution < 1.29 is 9.90 Å². The number of hydrogen-bond acceptors (Lipinski definition) is 3. The van der Waals surface area contributed by atoms with Crippen molar-refractivity contribution in [2.75, 3.05) is 32.1 Å². The van der Waals surface area contributed by atoms with Crippen molar-refractivity contribution in [2.45, 2.75) is 19.8 Å². The second-order valence-electron chi connectivity index (χ2n) is 4.58. The average molecular weight is 250 g/mol. The van der Waals surface area contributed by atoms with Crippen LogP contribution in [0.15, 0.2) is 24.3 Å². The van der Waals surface area contributed by atoms with Gasteiger partial charge in [-0.25, -0.2) is 0 Å². The Hall–Kier alpha value is -1.39. The van der Waals surface area contributed by atoms with Gasteiger partial charge in [0.25, 0.3) is 0 Å². The summed E-state index contributed by atoms with van der Waals surface area (Å²) >= 11 is 0. The largest absolute Gasteiger partial charge is 0.396 e. The predicted molar refractivity (Wildman–Crippen MR) is 73.6 cm³/mol. The van der Waals surface area contributed by atoms with Gasteiger partial charge in [0.05, 0.1) is 6.54 Å². The summed E-state index contributed by atoms with van der Waals surface area (Å²) in [5.74, 6) is -0.00893.